The molecule has 0 bridgehead atoms. The Bertz CT molecular complexity index is 778. The normalized spacial score (nSPS) is 11.0. The van der Waals surface area contributed by atoms with E-state index in [-0.39, 0.29) is 24.0 Å². The molecule has 0 aliphatic heterocycles. The van der Waals surface area contributed by atoms with E-state index in [1.54, 1.807) is 18.9 Å². The Balaban J connectivity index is 0.00000450. The van der Waals surface area contributed by atoms with Crippen molar-refractivity contribution in [2.45, 2.75) is 33.4 Å². The first-order chi connectivity index (χ1) is 14.1. The second-order valence-electron chi connectivity index (χ2n) is 6.54. The zero-order valence-corrected chi connectivity index (χ0v) is 20.9. The Labute approximate surface area is 196 Å². The van der Waals surface area contributed by atoms with Crippen LogP contribution in [0.4, 0.5) is 0 Å². The fourth-order valence-corrected chi connectivity index (χ4v) is 2.91. The van der Waals surface area contributed by atoms with Gasteiger partial charge in [0.1, 0.15) is 5.75 Å². The number of hydrogen-bond acceptors (Lipinski definition) is 5. The lowest BCUT2D eigenvalue weighted by Gasteiger charge is -2.13. The second kappa shape index (κ2) is 14.1. The third kappa shape index (κ3) is 8.02. The molecule has 2 N–H and O–H groups in total. The number of aliphatic imine (C=N–C) groups is 1. The molecule has 0 amide bonds. The third-order valence-corrected chi connectivity index (χ3v) is 4.46. The number of methoxy groups -OCH3 is 2. The smallest absolute Gasteiger partial charge is 0.216 e. The molecule has 0 aliphatic carbocycles. The highest BCUT2D eigenvalue weighted by atomic mass is 127. The zero-order valence-electron chi connectivity index (χ0n) is 18.5. The largest absolute Gasteiger partial charge is 0.497 e. The molecule has 0 unspecified atom stereocenters. The molecule has 0 fully saturated rings. The van der Waals surface area contributed by atoms with Gasteiger partial charge in [-0.1, -0.05) is 12.1 Å². The summed E-state index contributed by atoms with van der Waals surface area (Å²) in [6.07, 6.45) is 0.909. The van der Waals surface area contributed by atoms with Gasteiger partial charge in [-0.3, -0.25) is 0 Å². The number of nitrogens with zero attached hydrogens (tertiary/aromatic N) is 3. The first-order valence-electron chi connectivity index (χ1n) is 9.88. The Morgan fingerprint density at radius 3 is 2.50 bits per heavy atom. The molecule has 0 saturated carbocycles. The van der Waals surface area contributed by atoms with Crippen molar-refractivity contribution in [3.05, 3.63) is 41.1 Å². The van der Waals surface area contributed by atoms with Gasteiger partial charge < -0.3 is 24.8 Å². The van der Waals surface area contributed by atoms with Gasteiger partial charge in [0.25, 0.3) is 0 Å². The van der Waals surface area contributed by atoms with Crippen molar-refractivity contribution in [2.75, 3.05) is 34.0 Å². The van der Waals surface area contributed by atoms with Gasteiger partial charge in [0.2, 0.25) is 5.88 Å². The summed E-state index contributed by atoms with van der Waals surface area (Å²) < 4.78 is 17.8. The van der Waals surface area contributed by atoms with E-state index in [0.29, 0.717) is 13.1 Å². The summed E-state index contributed by atoms with van der Waals surface area (Å²) in [5, 5.41) is 11.2. The van der Waals surface area contributed by atoms with E-state index in [0.717, 1.165) is 60.6 Å². The monoisotopic (exact) mass is 531 g/mol. The maximum Gasteiger partial charge on any atom is 0.216 e. The van der Waals surface area contributed by atoms with Gasteiger partial charge in [0, 0.05) is 26.8 Å². The number of benzene rings is 1. The van der Waals surface area contributed by atoms with Crippen molar-refractivity contribution in [2.24, 2.45) is 12.0 Å². The van der Waals surface area contributed by atoms with Crippen LogP contribution < -0.4 is 20.1 Å². The fraction of sp³-hybridized carbons (Fsp3) is 0.524. The molecular weight excluding hydrogens is 497 g/mol. The van der Waals surface area contributed by atoms with Gasteiger partial charge in [-0.2, -0.15) is 5.10 Å². The van der Waals surface area contributed by atoms with Crippen molar-refractivity contribution in [3.63, 3.8) is 0 Å². The highest BCUT2D eigenvalue weighted by Gasteiger charge is 2.14. The van der Waals surface area contributed by atoms with Gasteiger partial charge in [0.15, 0.2) is 5.96 Å². The summed E-state index contributed by atoms with van der Waals surface area (Å²) in [6.45, 7) is 7.35. The maximum absolute atomic E-state index is 5.48. The Morgan fingerprint density at radius 1 is 1.13 bits per heavy atom. The Kier molecular flexibility index (Phi) is 12.2. The second-order valence-corrected chi connectivity index (χ2v) is 6.54. The van der Waals surface area contributed by atoms with E-state index in [9.17, 15) is 0 Å². The van der Waals surface area contributed by atoms with Crippen LogP contribution in [0, 0.1) is 6.92 Å². The first-order valence-corrected chi connectivity index (χ1v) is 9.88. The minimum Gasteiger partial charge on any atom is -0.497 e. The van der Waals surface area contributed by atoms with E-state index >= 15 is 0 Å². The molecule has 0 spiro atoms. The standard InChI is InChI=1S/C21H33N5O3.HI/c1-6-29-13-7-12-22-21(23-14-17-8-10-18(27-4)11-9-17)24-15-19-16(2)25-26(3)20(19)28-5;/h8-11H,6-7,12-15H2,1-5H3,(H2,22,23,24);1H. The molecule has 0 radical (unpaired) electrons. The third-order valence-electron chi connectivity index (χ3n) is 4.46. The lowest BCUT2D eigenvalue weighted by molar-refractivity contribution is 0.145. The van der Waals surface area contributed by atoms with Crippen LogP contribution in [0.5, 0.6) is 11.6 Å². The van der Waals surface area contributed by atoms with Crippen LogP contribution in [0.15, 0.2) is 29.3 Å². The SMILES string of the molecule is CCOCCCNC(=NCc1ccc(OC)cc1)NCc1c(C)nn(C)c1OC.I. The molecule has 30 heavy (non-hydrogen) atoms. The number of aryl methyl sites for hydroxylation is 2. The molecular formula is C21H34IN5O3. The maximum atomic E-state index is 5.48. The number of halogens is 1. The van der Waals surface area contributed by atoms with Crippen LogP contribution in [0.1, 0.15) is 30.2 Å². The number of ether oxygens (including phenoxy) is 3. The van der Waals surface area contributed by atoms with Crippen LogP contribution >= 0.6 is 24.0 Å². The number of nitrogens with one attached hydrogen (secondary N) is 2. The molecule has 1 heterocycles. The molecule has 8 nitrogen and oxygen atoms in total. The summed E-state index contributed by atoms with van der Waals surface area (Å²) in [6, 6.07) is 7.92. The average molecular weight is 531 g/mol. The minimum atomic E-state index is 0. The topological polar surface area (TPSA) is 81.9 Å². The first kappa shape index (κ1) is 26.0. The Morgan fingerprint density at radius 2 is 1.87 bits per heavy atom. The zero-order chi connectivity index (χ0) is 21.1. The molecule has 2 aromatic rings. The van der Waals surface area contributed by atoms with E-state index in [1.807, 2.05) is 45.2 Å². The molecule has 1 aromatic heterocycles. The fourth-order valence-electron chi connectivity index (χ4n) is 2.91. The quantitative estimate of drug-likeness (QED) is 0.201. The van der Waals surface area contributed by atoms with E-state index in [2.05, 4.69) is 15.7 Å². The molecule has 0 aliphatic rings. The van der Waals surface area contributed by atoms with Crippen molar-refractivity contribution in [1.29, 1.82) is 0 Å². The highest BCUT2D eigenvalue weighted by molar-refractivity contribution is 14.0. The van der Waals surface area contributed by atoms with E-state index in [4.69, 9.17) is 19.2 Å². The lowest BCUT2D eigenvalue weighted by atomic mass is 10.2. The van der Waals surface area contributed by atoms with Gasteiger partial charge >= 0.3 is 0 Å². The molecule has 0 saturated heterocycles. The van der Waals surface area contributed by atoms with Crippen molar-refractivity contribution >= 4 is 29.9 Å². The van der Waals surface area contributed by atoms with Crippen LogP contribution in [-0.2, 0) is 24.9 Å². The molecule has 0 atom stereocenters. The number of rotatable bonds is 11. The van der Waals surface area contributed by atoms with Gasteiger partial charge in [-0.15, -0.1) is 24.0 Å². The van der Waals surface area contributed by atoms with Crippen LogP contribution in [-0.4, -0.2) is 49.7 Å². The van der Waals surface area contributed by atoms with Crippen molar-refractivity contribution in [3.8, 4) is 11.6 Å². The van der Waals surface area contributed by atoms with Gasteiger partial charge in [-0.05, 0) is 38.0 Å². The summed E-state index contributed by atoms with van der Waals surface area (Å²) in [7, 11) is 5.20. The van der Waals surface area contributed by atoms with Crippen LogP contribution in [0.2, 0.25) is 0 Å². The van der Waals surface area contributed by atoms with E-state index in [1.165, 1.54) is 0 Å². The van der Waals surface area contributed by atoms with Crippen molar-refractivity contribution < 1.29 is 14.2 Å². The van der Waals surface area contributed by atoms with Gasteiger partial charge in [0.05, 0.1) is 38.6 Å². The summed E-state index contributed by atoms with van der Waals surface area (Å²) in [5.41, 5.74) is 3.06. The number of hydrogen-bond donors (Lipinski definition) is 2. The predicted molar refractivity (Wildman–Crippen MR) is 130 cm³/mol. The predicted octanol–water partition coefficient (Wildman–Crippen LogP) is 3.03. The molecule has 1 aromatic carbocycles. The lowest BCUT2D eigenvalue weighted by Crippen LogP contribution is -2.38. The minimum absolute atomic E-state index is 0. The van der Waals surface area contributed by atoms with Crippen LogP contribution in [0.3, 0.4) is 0 Å². The van der Waals surface area contributed by atoms with Crippen molar-refractivity contribution in [1.82, 2.24) is 20.4 Å². The Hall–Kier alpha value is -2.01. The summed E-state index contributed by atoms with van der Waals surface area (Å²) in [5.74, 6) is 2.33. The summed E-state index contributed by atoms with van der Waals surface area (Å²) >= 11 is 0. The van der Waals surface area contributed by atoms with Gasteiger partial charge in [-0.25, -0.2) is 9.67 Å². The van der Waals surface area contributed by atoms with Crippen LogP contribution in [0.25, 0.3) is 0 Å². The molecule has 2 rings (SSSR count). The molecule has 9 heteroatoms. The summed E-state index contributed by atoms with van der Waals surface area (Å²) in [4.78, 5) is 4.72. The van der Waals surface area contributed by atoms with E-state index < -0.39 is 0 Å². The number of guanidine groups is 1. The highest BCUT2D eigenvalue weighted by Crippen LogP contribution is 2.20. The average Bonchev–Trinajstić information content (AvgIpc) is 3.01. The molecule has 168 valence electrons. The number of aromatic nitrogens is 2.